The van der Waals surface area contributed by atoms with Crippen LogP contribution in [-0.4, -0.2) is 18.6 Å². The number of rotatable bonds is 5. The number of halogens is 1. The Bertz CT molecular complexity index is 419. The van der Waals surface area contributed by atoms with E-state index >= 15 is 0 Å². The summed E-state index contributed by atoms with van der Waals surface area (Å²) >= 11 is 3.39. The van der Waals surface area contributed by atoms with Gasteiger partial charge in [0.25, 0.3) is 5.91 Å². The summed E-state index contributed by atoms with van der Waals surface area (Å²) in [7, 11) is 0. The topological polar surface area (TPSA) is 64.3 Å². The molecule has 5 heteroatoms. The van der Waals surface area contributed by atoms with Crippen LogP contribution in [0.5, 0.6) is 5.75 Å². The zero-order valence-corrected chi connectivity index (χ0v) is 11.0. The number of para-hydroxylation sites is 1. The molecule has 1 saturated carbocycles. The van der Waals surface area contributed by atoms with Crippen molar-refractivity contribution in [2.75, 3.05) is 6.61 Å². The third kappa shape index (κ3) is 3.44. The maximum atomic E-state index is 11.5. The maximum absolute atomic E-state index is 11.5. The molecule has 0 bridgehead atoms. The lowest BCUT2D eigenvalue weighted by Crippen LogP contribution is -2.30. The van der Waals surface area contributed by atoms with Crippen molar-refractivity contribution in [1.82, 2.24) is 5.32 Å². The molecule has 92 valence electrons. The van der Waals surface area contributed by atoms with E-state index in [1.807, 2.05) is 18.2 Å². The first-order valence-electron chi connectivity index (χ1n) is 5.60. The first-order chi connectivity index (χ1) is 8.20. The molecule has 17 heavy (non-hydrogen) atoms. The summed E-state index contributed by atoms with van der Waals surface area (Å²) in [5.74, 6) is 0.576. The van der Waals surface area contributed by atoms with Gasteiger partial charge >= 0.3 is 0 Å². The largest absolute Gasteiger partial charge is 0.482 e. The van der Waals surface area contributed by atoms with Crippen LogP contribution < -0.4 is 15.8 Å². The van der Waals surface area contributed by atoms with Crippen LogP contribution in [0.1, 0.15) is 18.4 Å². The molecule has 1 amide bonds. The Morgan fingerprint density at radius 1 is 1.53 bits per heavy atom. The predicted molar refractivity (Wildman–Crippen MR) is 68.7 cm³/mol. The molecule has 0 aromatic heterocycles. The Hall–Kier alpha value is -1.07. The SMILES string of the molecule is NCc1cccc(Br)c1OCC(=O)NC1CC1. The predicted octanol–water partition coefficient (Wildman–Crippen LogP) is 1.57. The molecule has 0 unspecified atom stereocenters. The van der Waals surface area contributed by atoms with Crippen molar-refractivity contribution in [3.63, 3.8) is 0 Å². The Kier molecular flexibility index (Phi) is 4.02. The fourth-order valence-corrected chi connectivity index (χ4v) is 2.03. The number of benzene rings is 1. The number of nitrogens with one attached hydrogen (secondary N) is 1. The Labute approximate surface area is 109 Å². The normalized spacial score (nSPS) is 14.5. The molecule has 1 aliphatic carbocycles. The quantitative estimate of drug-likeness (QED) is 0.867. The van der Waals surface area contributed by atoms with E-state index in [9.17, 15) is 4.79 Å². The summed E-state index contributed by atoms with van der Waals surface area (Å²) in [4.78, 5) is 11.5. The Balaban J connectivity index is 1.94. The second-order valence-corrected chi connectivity index (χ2v) is 4.92. The highest BCUT2D eigenvalue weighted by molar-refractivity contribution is 9.10. The minimum Gasteiger partial charge on any atom is -0.482 e. The van der Waals surface area contributed by atoms with Crippen molar-refractivity contribution in [2.45, 2.75) is 25.4 Å². The number of nitrogens with two attached hydrogens (primary N) is 1. The number of carbonyl (C=O) groups is 1. The first-order valence-corrected chi connectivity index (χ1v) is 6.39. The van der Waals surface area contributed by atoms with E-state index in [1.54, 1.807) is 0 Å². The van der Waals surface area contributed by atoms with Gasteiger partial charge in [-0.3, -0.25) is 4.79 Å². The summed E-state index contributed by atoms with van der Waals surface area (Å²) in [6.45, 7) is 0.422. The molecule has 0 radical (unpaired) electrons. The molecule has 0 saturated heterocycles. The van der Waals surface area contributed by atoms with Gasteiger partial charge in [-0.25, -0.2) is 0 Å². The summed E-state index contributed by atoms with van der Waals surface area (Å²) < 4.78 is 6.33. The fourth-order valence-electron chi connectivity index (χ4n) is 1.51. The number of hydrogen-bond donors (Lipinski definition) is 2. The number of hydrogen-bond acceptors (Lipinski definition) is 3. The van der Waals surface area contributed by atoms with E-state index in [-0.39, 0.29) is 12.5 Å². The summed E-state index contributed by atoms with van der Waals surface area (Å²) in [5, 5.41) is 2.87. The molecule has 0 aliphatic heterocycles. The highest BCUT2D eigenvalue weighted by Crippen LogP contribution is 2.28. The summed E-state index contributed by atoms with van der Waals surface area (Å²) in [5.41, 5.74) is 6.50. The standard InChI is InChI=1S/C12H15BrN2O2/c13-10-3-1-2-8(6-14)12(10)17-7-11(16)15-9-4-5-9/h1-3,9H,4-7,14H2,(H,15,16). The minimum atomic E-state index is -0.0776. The maximum Gasteiger partial charge on any atom is 0.258 e. The van der Waals surface area contributed by atoms with E-state index in [0.29, 0.717) is 18.3 Å². The molecule has 1 fully saturated rings. The van der Waals surface area contributed by atoms with Crippen LogP contribution >= 0.6 is 15.9 Å². The highest BCUT2D eigenvalue weighted by Gasteiger charge is 2.23. The zero-order valence-electron chi connectivity index (χ0n) is 9.41. The lowest BCUT2D eigenvalue weighted by atomic mass is 10.2. The van der Waals surface area contributed by atoms with Crippen molar-refractivity contribution < 1.29 is 9.53 Å². The van der Waals surface area contributed by atoms with Gasteiger partial charge in [0.05, 0.1) is 4.47 Å². The molecule has 0 spiro atoms. The van der Waals surface area contributed by atoms with Crippen molar-refractivity contribution in [3.05, 3.63) is 28.2 Å². The molecule has 1 aromatic carbocycles. The second-order valence-electron chi connectivity index (χ2n) is 4.06. The van der Waals surface area contributed by atoms with Crippen LogP contribution in [-0.2, 0) is 11.3 Å². The van der Waals surface area contributed by atoms with Crippen LogP contribution in [0.2, 0.25) is 0 Å². The van der Waals surface area contributed by atoms with Crippen molar-refractivity contribution in [3.8, 4) is 5.75 Å². The van der Waals surface area contributed by atoms with Crippen LogP contribution in [0.15, 0.2) is 22.7 Å². The molecular formula is C12H15BrN2O2. The van der Waals surface area contributed by atoms with Gasteiger partial charge in [-0.1, -0.05) is 12.1 Å². The van der Waals surface area contributed by atoms with E-state index in [4.69, 9.17) is 10.5 Å². The third-order valence-corrected chi connectivity index (χ3v) is 3.18. The highest BCUT2D eigenvalue weighted by atomic mass is 79.9. The van der Waals surface area contributed by atoms with Crippen molar-refractivity contribution in [1.29, 1.82) is 0 Å². The second kappa shape index (κ2) is 5.51. The lowest BCUT2D eigenvalue weighted by Gasteiger charge is -2.12. The molecule has 1 aliphatic rings. The third-order valence-electron chi connectivity index (χ3n) is 2.56. The smallest absolute Gasteiger partial charge is 0.258 e. The monoisotopic (exact) mass is 298 g/mol. The first kappa shape index (κ1) is 12.4. The van der Waals surface area contributed by atoms with Gasteiger partial charge < -0.3 is 15.8 Å². The summed E-state index contributed by atoms with van der Waals surface area (Å²) in [6.07, 6.45) is 2.16. The number of ether oxygens (including phenoxy) is 1. The fraction of sp³-hybridized carbons (Fsp3) is 0.417. The molecule has 0 heterocycles. The average Bonchev–Trinajstić information content (AvgIpc) is 3.11. The van der Waals surface area contributed by atoms with Gasteiger partial charge in [0, 0.05) is 18.2 Å². The average molecular weight is 299 g/mol. The molecule has 0 atom stereocenters. The number of amides is 1. The van der Waals surface area contributed by atoms with Crippen LogP contribution in [0.25, 0.3) is 0 Å². The molecule has 3 N–H and O–H groups in total. The van der Waals surface area contributed by atoms with Gasteiger partial charge in [-0.05, 0) is 34.8 Å². The molecule has 4 nitrogen and oxygen atoms in total. The van der Waals surface area contributed by atoms with Gasteiger partial charge in [-0.15, -0.1) is 0 Å². The van der Waals surface area contributed by atoms with Gasteiger partial charge in [0.15, 0.2) is 6.61 Å². The van der Waals surface area contributed by atoms with Gasteiger partial charge in [-0.2, -0.15) is 0 Å². The Morgan fingerprint density at radius 2 is 2.29 bits per heavy atom. The van der Waals surface area contributed by atoms with Crippen LogP contribution in [0.4, 0.5) is 0 Å². The summed E-state index contributed by atoms with van der Waals surface area (Å²) in [6, 6.07) is 6.01. The van der Waals surface area contributed by atoms with Crippen LogP contribution in [0, 0.1) is 0 Å². The van der Waals surface area contributed by atoms with E-state index < -0.39 is 0 Å². The van der Waals surface area contributed by atoms with E-state index in [2.05, 4.69) is 21.2 Å². The lowest BCUT2D eigenvalue weighted by molar-refractivity contribution is -0.123. The Morgan fingerprint density at radius 3 is 2.94 bits per heavy atom. The van der Waals surface area contributed by atoms with Crippen LogP contribution in [0.3, 0.4) is 0 Å². The molecule has 1 aromatic rings. The number of carbonyl (C=O) groups excluding carboxylic acids is 1. The van der Waals surface area contributed by atoms with Crippen molar-refractivity contribution >= 4 is 21.8 Å². The minimum absolute atomic E-state index is 0.0338. The van der Waals surface area contributed by atoms with E-state index in [1.165, 1.54) is 0 Å². The van der Waals surface area contributed by atoms with Gasteiger partial charge in [0.2, 0.25) is 0 Å². The van der Waals surface area contributed by atoms with Gasteiger partial charge in [0.1, 0.15) is 5.75 Å². The zero-order chi connectivity index (χ0) is 12.3. The van der Waals surface area contributed by atoms with E-state index in [0.717, 1.165) is 22.9 Å². The molecule has 2 rings (SSSR count). The molecular weight excluding hydrogens is 284 g/mol. The van der Waals surface area contributed by atoms with Crippen molar-refractivity contribution in [2.24, 2.45) is 5.73 Å².